The van der Waals surface area contributed by atoms with Gasteiger partial charge < -0.3 is 14.2 Å². The molecule has 0 aromatic carbocycles. The van der Waals surface area contributed by atoms with Crippen LogP contribution in [0.5, 0.6) is 0 Å². The van der Waals surface area contributed by atoms with Crippen LogP contribution in [0.2, 0.25) is 0 Å². The van der Waals surface area contributed by atoms with E-state index in [4.69, 9.17) is 14.7 Å². The van der Waals surface area contributed by atoms with Crippen LogP contribution in [0.4, 0.5) is 0 Å². The minimum atomic E-state index is -0.325. The molecule has 0 rings (SSSR count). The fraction of sp³-hybridized carbons (Fsp3) is 0.857. The quantitative estimate of drug-likeness (QED) is 0.193. The van der Waals surface area contributed by atoms with Gasteiger partial charge in [0.1, 0.15) is 6.61 Å². The summed E-state index contributed by atoms with van der Waals surface area (Å²) in [5.74, 6) is -0.325. The predicted molar refractivity (Wildman–Crippen MR) is 42.0 cm³/mol. The molecule has 0 aliphatic carbocycles. The maximum atomic E-state index is 10.3. The zero-order chi connectivity index (χ0) is 9.94. The van der Waals surface area contributed by atoms with Crippen molar-refractivity contribution in [3.63, 3.8) is 0 Å². The summed E-state index contributed by atoms with van der Waals surface area (Å²) in [6.07, 6.45) is 0. The highest BCUT2D eigenvalue weighted by atomic mass is 17.1. The van der Waals surface area contributed by atoms with Crippen molar-refractivity contribution in [3.05, 3.63) is 0 Å². The molecule has 78 valence electrons. The zero-order valence-corrected chi connectivity index (χ0v) is 7.52. The Labute approximate surface area is 76.3 Å². The smallest absolute Gasteiger partial charge is 0.302 e. The van der Waals surface area contributed by atoms with Crippen molar-refractivity contribution in [2.75, 3.05) is 33.2 Å². The van der Waals surface area contributed by atoms with E-state index in [0.29, 0.717) is 19.8 Å². The topological polar surface area (TPSA) is 74.2 Å². The van der Waals surface area contributed by atoms with Gasteiger partial charge in [0.25, 0.3) is 0 Å². The number of carbonyl (C=O) groups is 1. The summed E-state index contributed by atoms with van der Waals surface area (Å²) in [7, 11) is 0. The maximum Gasteiger partial charge on any atom is 0.302 e. The van der Waals surface area contributed by atoms with Crippen LogP contribution >= 0.6 is 0 Å². The molecule has 0 aliphatic rings. The van der Waals surface area contributed by atoms with Crippen LogP contribution in [0.25, 0.3) is 0 Å². The van der Waals surface area contributed by atoms with Crippen LogP contribution < -0.4 is 0 Å². The fourth-order valence-electron chi connectivity index (χ4n) is 0.560. The Morgan fingerprint density at radius 1 is 1.15 bits per heavy atom. The summed E-state index contributed by atoms with van der Waals surface area (Å²) in [5.41, 5.74) is 0. The van der Waals surface area contributed by atoms with E-state index in [-0.39, 0.29) is 19.4 Å². The van der Waals surface area contributed by atoms with Crippen molar-refractivity contribution in [3.8, 4) is 0 Å². The summed E-state index contributed by atoms with van der Waals surface area (Å²) in [6.45, 7) is 2.43. The molecule has 0 saturated carbocycles. The summed E-state index contributed by atoms with van der Waals surface area (Å²) in [6, 6.07) is 0. The molecule has 0 radical (unpaired) electrons. The minimum Gasteiger partial charge on any atom is -0.463 e. The molecular formula is C7H14O6. The van der Waals surface area contributed by atoms with Crippen molar-refractivity contribution in [2.24, 2.45) is 0 Å². The van der Waals surface area contributed by atoms with E-state index < -0.39 is 0 Å². The fourth-order valence-corrected chi connectivity index (χ4v) is 0.560. The van der Waals surface area contributed by atoms with Gasteiger partial charge in [-0.3, -0.25) is 4.79 Å². The highest BCUT2D eigenvalue weighted by molar-refractivity contribution is 5.65. The molecule has 6 heteroatoms. The second-order valence-corrected chi connectivity index (χ2v) is 2.11. The van der Waals surface area contributed by atoms with Crippen molar-refractivity contribution >= 4 is 5.97 Å². The van der Waals surface area contributed by atoms with Crippen molar-refractivity contribution in [2.45, 2.75) is 6.92 Å². The Bertz CT molecular complexity index is 126. The zero-order valence-electron chi connectivity index (χ0n) is 7.52. The molecule has 0 aromatic heterocycles. The van der Waals surface area contributed by atoms with Gasteiger partial charge in [0.2, 0.25) is 0 Å². The molecule has 0 amide bonds. The second-order valence-electron chi connectivity index (χ2n) is 2.11. The van der Waals surface area contributed by atoms with E-state index in [1.807, 2.05) is 0 Å². The lowest BCUT2D eigenvalue weighted by atomic mass is 10.7. The molecule has 0 unspecified atom stereocenters. The van der Waals surface area contributed by atoms with Crippen LogP contribution in [0.15, 0.2) is 0 Å². The van der Waals surface area contributed by atoms with Gasteiger partial charge in [-0.2, -0.15) is 0 Å². The number of rotatable bonds is 8. The normalized spacial score (nSPS) is 10.0. The number of ether oxygens (including phenoxy) is 3. The summed E-state index contributed by atoms with van der Waals surface area (Å²) >= 11 is 0. The Kier molecular flexibility index (Phi) is 8.90. The number of esters is 1. The van der Waals surface area contributed by atoms with Gasteiger partial charge in [-0.1, -0.05) is 0 Å². The number of carbonyl (C=O) groups excluding carboxylic acids is 1. The van der Waals surface area contributed by atoms with E-state index in [0.717, 1.165) is 0 Å². The predicted octanol–water partition coefficient (Wildman–Crippen LogP) is 0.0298. The molecule has 0 spiro atoms. The summed E-state index contributed by atoms with van der Waals surface area (Å²) in [5, 5.41) is 7.84. The summed E-state index contributed by atoms with van der Waals surface area (Å²) in [4.78, 5) is 13.9. The molecule has 0 fully saturated rings. The van der Waals surface area contributed by atoms with E-state index in [1.165, 1.54) is 6.92 Å². The molecule has 0 aromatic rings. The van der Waals surface area contributed by atoms with Gasteiger partial charge in [-0.15, -0.1) is 0 Å². The van der Waals surface area contributed by atoms with Crippen molar-refractivity contribution in [1.29, 1.82) is 0 Å². The van der Waals surface area contributed by atoms with Gasteiger partial charge in [-0.05, 0) is 0 Å². The molecule has 6 nitrogen and oxygen atoms in total. The lowest BCUT2D eigenvalue weighted by Gasteiger charge is -2.04. The van der Waals surface area contributed by atoms with E-state index in [2.05, 4.69) is 9.62 Å². The van der Waals surface area contributed by atoms with Crippen molar-refractivity contribution < 1.29 is 29.1 Å². The summed E-state index contributed by atoms with van der Waals surface area (Å²) < 4.78 is 14.3. The third kappa shape index (κ3) is 11.3. The molecule has 0 heterocycles. The third-order valence-corrected chi connectivity index (χ3v) is 1.04. The Balaban J connectivity index is 2.87. The van der Waals surface area contributed by atoms with Gasteiger partial charge in [0.05, 0.1) is 19.8 Å². The highest BCUT2D eigenvalue weighted by Crippen LogP contribution is 1.81. The standard InChI is InChI=1S/C7H14O6/c1-7(8)12-5-4-10-2-3-11-6-13-9/h9H,2-6H2,1H3. The van der Waals surface area contributed by atoms with Crippen LogP contribution in [0.3, 0.4) is 0 Å². The molecular weight excluding hydrogens is 180 g/mol. The van der Waals surface area contributed by atoms with Crippen molar-refractivity contribution in [1.82, 2.24) is 0 Å². The Morgan fingerprint density at radius 2 is 1.77 bits per heavy atom. The largest absolute Gasteiger partial charge is 0.463 e. The first-order valence-corrected chi connectivity index (χ1v) is 3.82. The lowest BCUT2D eigenvalue weighted by Crippen LogP contribution is -2.11. The molecule has 0 saturated heterocycles. The SMILES string of the molecule is CC(=O)OCCOCCOCOO. The Morgan fingerprint density at radius 3 is 2.38 bits per heavy atom. The third-order valence-electron chi connectivity index (χ3n) is 1.04. The van der Waals surface area contributed by atoms with E-state index in [1.54, 1.807) is 0 Å². The average molecular weight is 194 g/mol. The first-order chi connectivity index (χ1) is 6.27. The monoisotopic (exact) mass is 194 g/mol. The Hall–Kier alpha value is -0.690. The first kappa shape index (κ1) is 12.3. The number of hydrogen-bond acceptors (Lipinski definition) is 6. The van der Waals surface area contributed by atoms with Crippen LogP contribution in [-0.4, -0.2) is 44.4 Å². The highest BCUT2D eigenvalue weighted by Gasteiger charge is 1.92. The molecule has 1 N–H and O–H groups in total. The average Bonchev–Trinajstić information content (AvgIpc) is 2.09. The number of hydrogen-bond donors (Lipinski definition) is 1. The molecule has 0 aliphatic heterocycles. The van der Waals surface area contributed by atoms with Crippen LogP contribution in [0, 0.1) is 0 Å². The van der Waals surface area contributed by atoms with Gasteiger partial charge in [-0.25, -0.2) is 10.1 Å². The lowest BCUT2D eigenvalue weighted by molar-refractivity contribution is -0.297. The molecule has 0 atom stereocenters. The first-order valence-electron chi connectivity index (χ1n) is 3.82. The molecule has 0 bridgehead atoms. The second kappa shape index (κ2) is 9.40. The van der Waals surface area contributed by atoms with Crippen LogP contribution in [0.1, 0.15) is 6.92 Å². The van der Waals surface area contributed by atoms with Gasteiger partial charge >= 0.3 is 5.97 Å². The van der Waals surface area contributed by atoms with Crippen LogP contribution in [-0.2, 0) is 23.9 Å². The maximum absolute atomic E-state index is 10.3. The van der Waals surface area contributed by atoms with E-state index >= 15 is 0 Å². The molecule has 13 heavy (non-hydrogen) atoms. The minimum absolute atomic E-state index is 0.173. The van der Waals surface area contributed by atoms with Gasteiger partial charge in [0, 0.05) is 6.92 Å². The van der Waals surface area contributed by atoms with Gasteiger partial charge in [0.15, 0.2) is 6.79 Å². The van der Waals surface area contributed by atoms with E-state index in [9.17, 15) is 4.79 Å².